The maximum Gasteiger partial charge on any atom is 0.255 e. The van der Waals surface area contributed by atoms with Crippen LogP contribution in [0.1, 0.15) is 57.8 Å². The third-order valence-electron chi connectivity index (χ3n) is 5.77. The molecule has 2 fully saturated rings. The zero-order chi connectivity index (χ0) is 18.3. The van der Waals surface area contributed by atoms with E-state index in [4.69, 9.17) is 0 Å². The Balaban J connectivity index is 1.82. The van der Waals surface area contributed by atoms with Gasteiger partial charge in [-0.3, -0.25) is 9.59 Å². The minimum atomic E-state index is -1.30. The van der Waals surface area contributed by atoms with Crippen LogP contribution in [0.5, 0.6) is 0 Å². The number of nitrogens with zero attached hydrogens (tertiary/aromatic N) is 2. The van der Waals surface area contributed by atoms with Crippen LogP contribution in [0.3, 0.4) is 0 Å². The van der Waals surface area contributed by atoms with Gasteiger partial charge in [0, 0.05) is 39.6 Å². The lowest BCUT2D eigenvalue weighted by Crippen LogP contribution is -2.58. The first-order chi connectivity index (χ1) is 11.9. The van der Waals surface area contributed by atoms with Gasteiger partial charge in [0.15, 0.2) is 5.60 Å². The number of hydrogen-bond donors (Lipinski definition) is 2. The fraction of sp³-hybridized carbons (Fsp3) is 0.895. The summed E-state index contributed by atoms with van der Waals surface area (Å²) in [5, 5.41) is 13.5. The minimum Gasteiger partial charge on any atom is -0.379 e. The van der Waals surface area contributed by atoms with Crippen molar-refractivity contribution in [1.82, 2.24) is 15.1 Å². The Morgan fingerprint density at radius 3 is 2.72 bits per heavy atom. The summed E-state index contributed by atoms with van der Waals surface area (Å²) in [6.07, 6.45) is 9.35. The topological polar surface area (TPSA) is 72.9 Å². The number of nitrogens with one attached hydrogen (secondary N) is 1. The fourth-order valence-corrected chi connectivity index (χ4v) is 4.18. The normalized spacial score (nSPS) is 25.4. The number of carbonyl (C=O) groups excluding carboxylic acids is 2. The number of hydrogen-bond acceptors (Lipinski definition) is 4. The highest BCUT2D eigenvalue weighted by Crippen LogP contribution is 2.28. The van der Waals surface area contributed by atoms with E-state index in [2.05, 4.69) is 5.32 Å². The van der Waals surface area contributed by atoms with Gasteiger partial charge in [-0.1, -0.05) is 32.1 Å². The third kappa shape index (κ3) is 5.96. The molecular formula is C19H35N3O3. The van der Waals surface area contributed by atoms with Crippen LogP contribution in [0.15, 0.2) is 0 Å². The van der Waals surface area contributed by atoms with Crippen molar-refractivity contribution < 1.29 is 14.7 Å². The lowest BCUT2D eigenvalue weighted by Gasteiger charge is -2.40. The molecule has 0 aromatic carbocycles. The van der Waals surface area contributed by atoms with Gasteiger partial charge in [0.05, 0.1) is 0 Å². The molecule has 0 aromatic rings. The summed E-state index contributed by atoms with van der Waals surface area (Å²) in [5.74, 6) is 0.594. The van der Waals surface area contributed by atoms with Gasteiger partial charge >= 0.3 is 0 Å². The molecule has 0 unspecified atom stereocenters. The van der Waals surface area contributed by atoms with Gasteiger partial charge in [-0.05, 0) is 32.2 Å². The second-order valence-corrected chi connectivity index (χ2v) is 7.88. The Morgan fingerprint density at radius 2 is 2.04 bits per heavy atom. The summed E-state index contributed by atoms with van der Waals surface area (Å²) in [4.78, 5) is 27.9. The van der Waals surface area contributed by atoms with Crippen molar-refractivity contribution in [2.24, 2.45) is 5.92 Å². The van der Waals surface area contributed by atoms with E-state index in [0.29, 0.717) is 25.9 Å². The molecule has 2 aliphatic rings. The maximum atomic E-state index is 12.8. The minimum absolute atomic E-state index is 0.0251. The van der Waals surface area contributed by atoms with Crippen LogP contribution in [0.2, 0.25) is 0 Å². The number of likely N-dealkylation sites (N-methyl/N-ethyl adjacent to an activating group) is 1. The molecule has 1 saturated carbocycles. The van der Waals surface area contributed by atoms with E-state index in [9.17, 15) is 14.7 Å². The van der Waals surface area contributed by atoms with Crippen molar-refractivity contribution in [3.05, 3.63) is 0 Å². The molecule has 6 heteroatoms. The maximum absolute atomic E-state index is 12.8. The second-order valence-electron chi connectivity index (χ2n) is 7.88. The van der Waals surface area contributed by atoms with Gasteiger partial charge in [-0.15, -0.1) is 0 Å². The second kappa shape index (κ2) is 9.53. The molecule has 2 N–H and O–H groups in total. The zero-order valence-corrected chi connectivity index (χ0v) is 15.9. The Kier molecular flexibility index (Phi) is 7.69. The molecule has 0 bridgehead atoms. The molecule has 2 amide bonds. The van der Waals surface area contributed by atoms with E-state index in [1.165, 1.54) is 32.1 Å². The largest absolute Gasteiger partial charge is 0.379 e. The smallest absolute Gasteiger partial charge is 0.255 e. The van der Waals surface area contributed by atoms with Crippen LogP contribution >= 0.6 is 0 Å². The Hall–Kier alpha value is -1.14. The first kappa shape index (κ1) is 20.2. The van der Waals surface area contributed by atoms with Gasteiger partial charge in [-0.25, -0.2) is 0 Å². The number of aliphatic hydroxyl groups is 1. The third-order valence-corrected chi connectivity index (χ3v) is 5.77. The van der Waals surface area contributed by atoms with E-state index < -0.39 is 5.60 Å². The van der Waals surface area contributed by atoms with E-state index in [1.807, 2.05) is 16.8 Å². The predicted molar refractivity (Wildman–Crippen MR) is 98.1 cm³/mol. The molecule has 2 rings (SSSR count). The van der Waals surface area contributed by atoms with E-state index in [0.717, 1.165) is 31.8 Å². The predicted octanol–water partition coefficient (Wildman–Crippen LogP) is 1.38. The Bertz CT molecular complexity index is 451. The number of piperidine rings is 1. The summed E-state index contributed by atoms with van der Waals surface area (Å²) in [5.41, 5.74) is -1.30. The molecule has 1 aliphatic heterocycles. The summed E-state index contributed by atoms with van der Waals surface area (Å²) in [7, 11) is 3.47. The number of likely N-dealkylation sites (tertiary alicyclic amines) is 1. The molecule has 25 heavy (non-hydrogen) atoms. The summed E-state index contributed by atoms with van der Waals surface area (Å²) in [6.45, 7) is 2.36. The molecule has 1 saturated heterocycles. The van der Waals surface area contributed by atoms with E-state index in [1.54, 1.807) is 7.05 Å². The van der Waals surface area contributed by atoms with Gasteiger partial charge in [0.1, 0.15) is 0 Å². The van der Waals surface area contributed by atoms with E-state index in [-0.39, 0.29) is 11.8 Å². The average Bonchev–Trinajstić information content (AvgIpc) is 2.62. The molecule has 0 spiro atoms. The highest BCUT2D eigenvalue weighted by Gasteiger charge is 2.42. The highest BCUT2D eigenvalue weighted by atomic mass is 16.3. The van der Waals surface area contributed by atoms with Crippen LogP contribution < -0.4 is 5.32 Å². The molecule has 144 valence electrons. The summed E-state index contributed by atoms with van der Waals surface area (Å²) in [6, 6.07) is 0. The quantitative estimate of drug-likeness (QED) is 0.691. The SMILES string of the molecule is CNC(=O)CCN(C)C[C@]1(O)CCCN(CCC2CCCCC2)C1=O. The van der Waals surface area contributed by atoms with Gasteiger partial charge in [0.25, 0.3) is 5.91 Å². The lowest BCUT2D eigenvalue weighted by atomic mass is 9.86. The molecule has 0 radical (unpaired) electrons. The zero-order valence-electron chi connectivity index (χ0n) is 15.9. The average molecular weight is 354 g/mol. The number of amides is 2. The van der Waals surface area contributed by atoms with Gasteiger partial charge < -0.3 is 20.2 Å². The highest BCUT2D eigenvalue weighted by molar-refractivity contribution is 5.86. The summed E-state index contributed by atoms with van der Waals surface area (Å²) < 4.78 is 0. The van der Waals surface area contributed by atoms with Crippen molar-refractivity contribution in [3.8, 4) is 0 Å². The van der Waals surface area contributed by atoms with Crippen LogP contribution in [-0.2, 0) is 9.59 Å². The van der Waals surface area contributed by atoms with Crippen molar-refractivity contribution in [3.63, 3.8) is 0 Å². The fourth-order valence-electron chi connectivity index (χ4n) is 4.18. The molecule has 1 atom stereocenters. The molecule has 6 nitrogen and oxygen atoms in total. The Morgan fingerprint density at radius 1 is 1.32 bits per heavy atom. The first-order valence-electron chi connectivity index (χ1n) is 9.85. The number of carbonyl (C=O) groups is 2. The summed E-state index contributed by atoms with van der Waals surface area (Å²) >= 11 is 0. The molecule has 1 heterocycles. The van der Waals surface area contributed by atoms with Crippen LogP contribution in [-0.4, -0.2) is 72.6 Å². The van der Waals surface area contributed by atoms with Crippen LogP contribution in [0.25, 0.3) is 0 Å². The van der Waals surface area contributed by atoms with Gasteiger partial charge in [0.2, 0.25) is 5.91 Å². The first-order valence-corrected chi connectivity index (χ1v) is 9.85. The van der Waals surface area contributed by atoms with Crippen molar-refractivity contribution in [2.45, 2.75) is 63.4 Å². The van der Waals surface area contributed by atoms with Crippen LogP contribution in [0.4, 0.5) is 0 Å². The van der Waals surface area contributed by atoms with Crippen molar-refractivity contribution in [2.75, 3.05) is 40.3 Å². The molecular weight excluding hydrogens is 318 g/mol. The monoisotopic (exact) mass is 353 g/mol. The van der Waals surface area contributed by atoms with Crippen molar-refractivity contribution >= 4 is 11.8 Å². The molecule has 1 aliphatic carbocycles. The van der Waals surface area contributed by atoms with Gasteiger partial charge in [-0.2, -0.15) is 0 Å². The number of rotatable bonds is 8. The van der Waals surface area contributed by atoms with E-state index >= 15 is 0 Å². The Labute approximate surface area is 151 Å². The van der Waals surface area contributed by atoms with Crippen molar-refractivity contribution in [1.29, 1.82) is 0 Å². The lowest BCUT2D eigenvalue weighted by molar-refractivity contribution is -0.159. The standard InChI is InChI=1S/C19H35N3O3/c1-20-17(23)10-13-21(2)15-19(25)11-6-12-22(18(19)24)14-9-16-7-4-3-5-8-16/h16,25H,3-15H2,1-2H3,(H,20,23)/t19-/m1/s1. The molecule has 0 aromatic heterocycles. The van der Waals surface area contributed by atoms with Crippen LogP contribution in [0, 0.1) is 5.92 Å².